The van der Waals surface area contributed by atoms with Crippen LogP contribution >= 0.6 is 11.6 Å². The molecule has 1 saturated heterocycles. The quantitative estimate of drug-likeness (QED) is 0.330. The number of rotatable bonds is 8. The van der Waals surface area contributed by atoms with Crippen molar-refractivity contribution in [2.24, 2.45) is 0 Å². The fourth-order valence-corrected chi connectivity index (χ4v) is 7.52. The van der Waals surface area contributed by atoms with Crippen LogP contribution in [-0.2, 0) is 20.3 Å². The maximum absolute atomic E-state index is 15.1. The Balaban J connectivity index is 1.30. The van der Waals surface area contributed by atoms with Crippen LogP contribution in [0.25, 0.3) is 0 Å². The summed E-state index contributed by atoms with van der Waals surface area (Å²) in [6.07, 6.45) is 7.18. The summed E-state index contributed by atoms with van der Waals surface area (Å²) in [7, 11) is 0.0306. The summed E-state index contributed by atoms with van der Waals surface area (Å²) in [6.45, 7) is 1.64. The smallest absolute Gasteiger partial charge is 0.187 e. The molecule has 2 fully saturated rings. The molecular formula is C30H35ClFN3O4S. The van der Waals surface area contributed by atoms with Gasteiger partial charge in [0.05, 0.1) is 16.5 Å². The molecule has 3 atom stereocenters. The van der Waals surface area contributed by atoms with Gasteiger partial charge in [-0.05, 0) is 81.3 Å². The van der Waals surface area contributed by atoms with Crippen molar-refractivity contribution in [1.82, 2.24) is 14.9 Å². The lowest BCUT2D eigenvalue weighted by Gasteiger charge is -2.40. The molecule has 7 nitrogen and oxygen atoms in total. The number of halogens is 2. The number of nitrogens with zero attached hydrogens (tertiary/aromatic N) is 3. The Morgan fingerprint density at radius 2 is 1.80 bits per heavy atom. The highest BCUT2D eigenvalue weighted by Gasteiger charge is 2.35. The molecule has 0 spiro atoms. The molecular weight excluding hydrogens is 553 g/mol. The molecule has 2 heterocycles. The van der Waals surface area contributed by atoms with Crippen LogP contribution in [0.15, 0.2) is 59.9 Å². The van der Waals surface area contributed by atoms with E-state index in [0.29, 0.717) is 11.8 Å². The molecule has 0 N–H and O–H groups in total. The van der Waals surface area contributed by atoms with E-state index in [1.165, 1.54) is 29.7 Å². The van der Waals surface area contributed by atoms with E-state index >= 15 is 4.39 Å². The summed E-state index contributed by atoms with van der Waals surface area (Å²) in [6, 6.07) is 12.8. The third kappa shape index (κ3) is 6.65. The van der Waals surface area contributed by atoms with Crippen molar-refractivity contribution in [3.05, 3.63) is 82.6 Å². The average molecular weight is 588 g/mol. The Morgan fingerprint density at radius 1 is 1.05 bits per heavy atom. The Bertz CT molecular complexity index is 1420. The zero-order chi connectivity index (χ0) is 28.3. The minimum Gasteiger partial charge on any atom is -0.487 e. The molecule has 0 bridgehead atoms. The van der Waals surface area contributed by atoms with Gasteiger partial charge in [-0.1, -0.05) is 35.9 Å². The van der Waals surface area contributed by atoms with Crippen LogP contribution in [0, 0.1) is 5.82 Å². The predicted molar refractivity (Wildman–Crippen MR) is 152 cm³/mol. The van der Waals surface area contributed by atoms with E-state index in [2.05, 4.69) is 39.1 Å². The van der Waals surface area contributed by atoms with Gasteiger partial charge in [-0.25, -0.2) is 22.8 Å². The summed E-state index contributed by atoms with van der Waals surface area (Å²) in [5.74, 6) is -0.271. The van der Waals surface area contributed by atoms with Gasteiger partial charge in [-0.2, -0.15) is 0 Å². The second-order valence-corrected chi connectivity index (χ2v) is 13.3. The second-order valence-electron chi connectivity index (χ2n) is 10.9. The Kier molecular flexibility index (Phi) is 9.05. The highest BCUT2D eigenvalue weighted by molar-refractivity contribution is 7.90. The van der Waals surface area contributed by atoms with Crippen LogP contribution in [0.1, 0.15) is 60.8 Å². The van der Waals surface area contributed by atoms with Crippen LogP contribution in [0.5, 0.6) is 5.75 Å². The van der Waals surface area contributed by atoms with Crippen LogP contribution in [0.3, 0.4) is 0 Å². The lowest BCUT2D eigenvalue weighted by Crippen LogP contribution is -2.46. The second kappa shape index (κ2) is 12.5. The van der Waals surface area contributed by atoms with Crippen molar-refractivity contribution in [3.8, 4) is 5.75 Å². The van der Waals surface area contributed by atoms with E-state index in [1.807, 2.05) is 14.1 Å². The van der Waals surface area contributed by atoms with Gasteiger partial charge >= 0.3 is 0 Å². The van der Waals surface area contributed by atoms with E-state index in [4.69, 9.17) is 21.1 Å². The monoisotopic (exact) mass is 587 g/mol. The van der Waals surface area contributed by atoms with Crippen molar-refractivity contribution in [2.75, 3.05) is 27.3 Å². The lowest BCUT2D eigenvalue weighted by atomic mass is 9.78. The largest absolute Gasteiger partial charge is 0.487 e. The predicted octanol–water partition coefficient (Wildman–Crippen LogP) is 5.78. The summed E-state index contributed by atoms with van der Waals surface area (Å²) >= 11 is 6.47. The fraction of sp³-hybridized carbons (Fsp3) is 0.467. The first-order valence-corrected chi connectivity index (χ1v) is 15.7. The first-order valence-electron chi connectivity index (χ1n) is 13.7. The molecule has 3 aromatic rings. The van der Waals surface area contributed by atoms with Crippen LogP contribution in [0.4, 0.5) is 4.39 Å². The summed E-state index contributed by atoms with van der Waals surface area (Å²) < 4.78 is 52.8. The molecule has 2 aliphatic rings. The Morgan fingerprint density at radius 3 is 2.50 bits per heavy atom. The maximum atomic E-state index is 15.1. The molecule has 214 valence electrons. The topological polar surface area (TPSA) is 81.6 Å². The first kappa shape index (κ1) is 28.9. The van der Waals surface area contributed by atoms with Crippen LogP contribution < -0.4 is 4.74 Å². The molecule has 1 saturated carbocycles. The zero-order valence-corrected chi connectivity index (χ0v) is 24.4. The highest BCUT2D eigenvalue weighted by Crippen LogP contribution is 2.40. The molecule has 0 unspecified atom stereocenters. The van der Waals surface area contributed by atoms with Gasteiger partial charge in [0, 0.05) is 31.5 Å². The van der Waals surface area contributed by atoms with Gasteiger partial charge in [0.2, 0.25) is 0 Å². The Labute approximate surface area is 240 Å². The van der Waals surface area contributed by atoms with E-state index in [0.717, 1.165) is 57.5 Å². The number of hydrogen-bond acceptors (Lipinski definition) is 7. The van der Waals surface area contributed by atoms with Crippen LogP contribution in [-0.4, -0.2) is 62.7 Å². The number of benzene rings is 2. The van der Waals surface area contributed by atoms with E-state index in [-0.39, 0.29) is 28.6 Å². The SMILES string of the molecule is CN(C)[C@H]1C[C@@H](c2cccc(C3CCOCC3)c2)CC[C@@H]1Oc1cc(F)c(S(=O)(=O)Cc2ccncn2)cc1Cl. The fourth-order valence-electron chi connectivity index (χ4n) is 5.88. The van der Waals surface area contributed by atoms with E-state index < -0.39 is 26.3 Å². The summed E-state index contributed by atoms with van der Waals surface area (Å²) in [5, 5.41) is 0.0615. The molecule has 2 aromatic carbocycles. The molecule has 0 radical (unpaired) electrons. The molecule has 40 heavy (non-hydrogen) atoms. The third-order valence-corrected chi connectivity index (χ3v) is 10.0. The van der Waals surface area contributed by atoms with Crippen molar-refractivity contribution >= 4 is 21.4 Å². The maximum Gasteiger partial charge on any atom is 0.187 e. The normalized spacial score (nSPS) is 22.4. The Hall–Kier alpha value is -2.59. The van der Waals surface area contributed by atoms with Crippen molar-refractivity contribution in [2.45, 2.75) is 66.7 Å². The van der Waals surface area contributed by atoms with Gasteiger partial charge in [0.15, 0.2) is 9.84 Å². The minimum absolute atomic E-state index is 0.0615. The number of ether oxygens (including phenoxy) is 2. The molecule has 0 amide bonds. The highest BCUT2D eigenvalue weighted by atomic mass is 35.5. The average Bonchev–Trinajstić information content (AvgIpc) is 2.95. The van der Waals surface area contributed by atoms with Gasteiger partial charge in [-0.15, -0.1) is 0 Å². The molecule has 10 heteroatoms. The van der Waals surface area contributed by atoms with Gasteiger partial charge < -0.3 is 14.4 Å². The van der Waals surface area contributed by atoms with Crippen molar-refractivity contribution in [1.29, 1.82) is 0 Å². The standard InChI is InChI=1S/C30H35ClFN3O4S/c1-35(2)27-15-23(22-5-3-4-21(14-22)20-9-12-38-13-10-20)6-7-28(27)39-29-17-26(32)30(16-25(29)31)40(36,37)18-24-8-11-33-19-34-24/h3-5,8,11,14,16-17,19-20,23,27-28H,6-7,9-10,12-13,15,18H2,1-2H3/t23-,27-,28-/m0/s1. The third-order valence-electron chi connectivity index (χ3n) is 8.07. The number of likely N-dealkylation sites (N-methyl/N-ethyl adjacent to an activating group) is 1. The lowest BCUT2D eigenvalue weighted by molar-refractivity contribution is 0.0544. The van der Waals surface area contributed by atoms with Crippen molar-refractivity contribution < 1.29 is 22.3 Å². The number of hydrogen-bond donors (Lipinski definition) is 0. The van der Waals surface area contributed by atoms with Crippen molar-refractivity contribution in [3.63, 3.8) is 0 Å². The zero-order valence-electron chi connectivity index (χ0n) is 22.8. The first-order chi connectivity index (χ1) is 19.2. The summed E-state index contributed by atoms with van der Waals surface area (Å²) in [5.41, 5.74) is 3.00. The van der Waals surface area contributed by atoms with Gasteiger partial charge in [0.1, 0.15) is 28.9 Å². The van der Waals surface area contributed by atoms with Gasteiger partial charge in [-0.3, -0.25) is 0 Å². The molecule has 1 aliphatic heterocycles. The summed E-state index contributed by atoms with van der Waals surface area (Å²) in [4.78, 5) is 9.39. The number of aromatic nitrogens is 2. The molecule has 1 aliphatic carbocycles. The van der Waals surface area contributed by atoms with E-state index in [1.54, 1.807) is 0 Å². The van der Waals surface area contributed by atoms with Crippen LogP contribution in [0.2, 0.25) is 5.02 Å². The van der Waals surface area contributed by atoms with Gasteiger partial charge in [0.25, 0.3) is 0 Å². The van der Waals surface area contributed by atoms with E-state index in [9.17, 15) is 8.42 Å². The minimum atomic E-state index is -4.01. The molecule has 1 aromatic heterocycles. The number of sulfone groups is 1. The molecule has 5 rings (SSSR count).